The molecule has 0 fully saturated rings. The van der Waals surface area contributed by atoms with Crippen LogP contribution in [0.4, 0.5) is 0 Å². The molecular weight excluding hydrogens is 240 g/mol. The zero-order valence-electron chi connectivity index (χ0n) is 9.31. The van der Waals surface area contributed by atoms with Crippen molar-refractivity contribution in [2.75, 3.05) is 6.61 Å². The van der Waals surface area contributed by atoms with Crippen molar-refractivity contribution in [1.29, 1.82) is 0 Å². The van der Waals surface area contributed by atoms with Crippen LogP contribution in [0.5, 0.6) is 0 Å². The smallest absolute Gasteiger partial charge is 0.311 e. The van der Waals surface area contributed by atoms with Gasteiger partial charge in [-0.3, -0.25) is 4.79 Å². The van der Waals surface area contributed by atoms with Crippen molar-refractivity contribution in [1.82, 2.24) is 9.97 Å². The second-order valence-corrected chi connectivity index (χ2v) is 3.90. The molecule has 1 aromatic carbocycles. The minimum Gasteiger partial charge on any atom is -0.466 e. The van der Waals surface area contributed by atoms with E-state index in [4.69, 9.17) is 16.3 Å². The SMILES string of the molecule is CCOC(=O)Cc1ncnc2ccc(Cl)cc12. The molecule has 88 valence electrons. The first kappa shape index (κ1) is 11.8. The number of hydrogen-bond acceptors (Lipinski definition) is 4. The van der Waals surface area contributed by atoms with Gasteiger partial charge >= 0.3 is 5.97 Å². The number of hydrogen-bond donors (Lipinski definition) is 0. The first-order valence-corrected chi connectivity index (χ1v) is 5.63. The second-order valence-electron chi connectivity index (χ2n) is 3.46. The summed E-state index contributed by atoms with van der Waals surface area (Å²) in [6.07, 6.45) is 1.57. The second kappa shape index (κ2) is 5.10. The van der Waals surface area contributed by atoms with Crippen LogP contribution in [0.15, 0.2) is 24.5 Å². The number of esters is 1. The molecule has 0 atom stereocenters. The number of rotatable bonds is 3. The minimum absolute atomic E-state index is 0.132. The Morgan fingerprint density at radius 2 is 2.24 bits per heavy atom. The van der Waals surface area contributed by atoms with Crippen molar-refractivity contribution in [3.63, 3.8) is 0 Å². The summed E-state index contributed by atoms with van der Waals surface area (Å²) in [4.78, 5) is 19.6. The molecule has 0 amide bonds. The van der Waals surface area contributed by atoms with E-state index in [1.807, 2.05) is 0 Å². The van der Waals surface area contributed by atoms with Crippen LogP contribution in [0.1, 0.15) is 12.6 Å². The topological polar surface area (TPSA) is 52.1 Å². The van der Waals surface area contributed by atoms with E-state index in [0.717, 1.165) is 10.9 Å². The Morgan fingerprint density at radius 1 is 1.41 bits per heavy atom. The lowest BCUT2D eigenvalue weighted by Crippen LogP contribution is -2.09. The fourth-order valence-corrected chi connectivity index (χ4v) is 1.74. The largest absolute Gasteiger partial charge is 0.466 e. The molecule has 0 radical (unpaired) electrons. The zero-order chi connectivity index (χ0) is 12.3. The highest BCUT2D eigenvalue weighted by Crippen LogP contribution is 2.20. The van der Waals surface area contributed by atoms with Crippen LogP contribution in [-0.4, -0.2) is 22.5 Å². The van der Waals surface area contributed by atoms with E-state index in [-0.39, 0.29) is 12.4 Å². The van der Waals surface area contributed by atoms with Gasteiger partial charge in [-0.05, 0) is 25.1 Å². The number of aromatic nitrogens is 2. The van der Waals surface area contributed by atoms with Gasteiger partial charge in [0.1, 0.15) is 6.33 Å². The van der Waals surface area contributed by atoms with Gasteiger partial charge < -0.3 is 4.74 Å². The molecule has 5 heteroatoms. The fraction of sp³-hybridized carbons (Fsp3) is 0.250. The highest BCUT2D eigenvalue weighted by molar-refractivity contribution is 6.31. The highest BCUT2D eigenvalue weighted by Gasteiger charge is 2.09. The molecule has 0 bridgehead atoms. The first-order chi connectivity index (χ1) is 8.20. The molecule has 1 aromatic heterocycles. The Bertz CT molecular complexity index is 557. The fourth-order valence-electron chi connectivity index (χ4n) is 1.57. The van der Waals surface area contributed by atoms with Crippen LogP contribution in [0.3, 0.4) is 0 Å². The predicted octanol–water partition coefficient (Wildman–Crippen LogP) is 2.39. The number of carbonyl (C=O) groups is 1. The van der Waals surface area contributed by atoms with Crippen LogP contribution in [-0.2, 0) is 16.0 Å². The molecule has 4 nitrogen and oxygen atoms in total. The Morgan fingerprint density at radius 3 is 3.00 bits per heavy atom. The average Bonchev–Trinajstić information content (AvgIpc) is 2.30. The van der Waals surface area contributed by atoms with Gasteiger partial charge in [-0.1, -0.05) is 11.6 Å². The van der Waals surface area contributed by atoms with E-state index in [0.29, 0.717) is 17.3 Å². The summed E-state index contributed by atoms with van der Waals surface area (Å²) < 4.78 is 4.89. The highest BCUT2D eigenvalue weighted by atomic mass is 35.5. The van der Waals surface area contributed by atoms with Crippen LogP contribution < -0.4 is 0 Å². The number of fused-ring (bicyclic) bond motifs is 1. The van der Waals surface area contributed by atoms with Crippen molar-refractivity contribution in [3.05, 3.63) is 35.2 Å². The number of carbonyl (C=O) groups excluding carboxylic acids is 1. The van der Waals surface area contributed by atoms with Crippen LogP contribution >= 0.6 is 11.6 Å². The normalized spacial score (nSPS) is 10.5. The van der Waals surface area contributed by atoms with Gasteiger partial charge in [0.15, 0.2) is 0 Å². The van der Waals surface area contributed by atoms with E-state index in [1.54, 1.807) is 25.1 Å². The van der Waals surface area contributed by atoms with E-state index in [2.05, 4.69) is 9.97 Å². The van der Waals surface area contributed by atoms with Crippen LogP contribution in [0, 0.1) is 0 Å². The number of nitrogens with zero attached hydrogens (tertiary/aromatic N) is 2. The number of halogens is 1. The molecule has 0 saturated carbocycles. The van der Waals surface area contributed by atoms with Gasteiger partial charge in [0, 0.05) is 10.4 Å². The lowest BCUT2D eigenvalue weighted by atomic mass is 10.1. The van der Waals surface area contributed by atoms with Crippen LogP contribution in [0.2, 0.25) is 5.02 Å². The summed E-state index contributed by atoms with van der Waals surface area (Å²) >= 11 is 5.92. The van der Waals surface area contributed by atoms with Gasteiger partial charge in [0.2, 0.25) is 0 Å². The van der Waals surface area contributed by atoms with Crippen molar-refractivity contribution in [2.45, 2.75) is 13.3 Å². The summed E-state index contributed by atoms with van der Waals surface area (Å²) in [7, 11) is 0. The molecule has 0 aliphatic carbocycles. The molecule has 0 aliphatic heterocycles. The third-order valence-electron chi connectivity index (χ3n) is 2.30. The summed E-state index contributed by atoms with van der Waals surface area (Å²) in [5.41, 5.74) is 1.40. The van der Waals surface area contributed by atoms with Crippen molar-refractivity contribution < 1.29 is 9.53 Å². The number of ether oxygens (including phenoxy) is 1. The molecule has 0 unspecified atom stereocenters. The van der Waals surface area contributed by atoms with E-state index in [9.17, 15) is 4.79 Å². The maximum atomic E-state index is 11.4. The Kier molecular flexibility index (Phi) is 3.54. The molecule has 0 aliphatic rings. The third-order valence-corrected chi connectivity index (χ3v) is 2.53. The zero-order valence-corrected chi connectivity index (χ0v) is 10.1. The molecule has 1 heterocycles. The first-order valence-electron chi connectivity index (χ1n) is 5.25. The quantitative estimate of drug-likeness (QED) is 0.785. The molecule has 0 N–H and O–H groups in total. The molecule has 2 aromatic rings. The monoisotopic (exact) mass is 250 g/mol. The molecule has 2 rings (SSSR count). The van der Waals surface area contributed by atoms with Crippen molar-refractivity contribution in [3.8, 4) is 0 Å². The molecule has 0 spiro atoms. The lowest BCUT2D eigenvalue weighted by Gasteiger charge is -2.05. The molecule has 17 heavy (non-hydrogen) atoms. The Labute approximate surface area is 104 Å². The van der Waals surface area contributed by atoms with Crippen molar-refractivity contribution in [2.24, 2.45) is 0 Å². The molecular formula is C12H11ClN2O2. The van der Waals surface area contributed by atoms with Crippen molar-refractivity contribution >= 4 is 28.5 Å². The minimum atomic E-state index is -0.299. The van der Waals surface area contributed by atoms with Crippen LogP contribution in [0.25, 0.3) is 10.9 Å². The average molecular weight is 251 g/mol. The number of benzene rings is 1. The standard InChI is InChI=1S/C12H11ClN2O2/c1-2-17-12(16)6-11-9-5-8(13)3-4-10(9)14-7-15-11/h3-5,7H,2,6H2,1H3. The van der Waals surface area contributed by atoms with Gasteiger partial charge in [-0.25, -0.2) is 9.97 Å². The van der Waals surface area contributed by atoms with E-state index < -0.39 is 0 Å². The summed E-state index contributed by atoms with van der Waals surface area (Å²) in [5.74, 6) is -0.299. The third kappa shape index (κ3) is 2.71. The van der Waals surface area contributed by atoms with Gasteiger partial charge in [0.25, 0.3) is 0 Å². The van der Waals surface area contributed by atoms with Gasteiger partial charge in [0.05, 0.1) is 24.2 Å². The lowest BCUT2D eigenvalue weighted by molar-refractivity contribution is -0.142. The van der Waals surface area contributed by atoms with Gasteiger partial charge in [-0.15, -0.1) is 0 Å². The Balaban J connectivity index is 2.39. The van der Waals surface area contributed by atoms with E-state index >= 15 is 0 Å². The summed E-state index contributed by atoms with van der Waals surface area (Å²) in [5, 5.41) is 1.38. The maximum absolute atomic E-state index is 11.4. The molecule has 0 saturated heterocycles. The Hall–Kier alpha value is -1.68. The summed E-state index contributed by atoms with van der Waals surface area (Å²) in [6.45, 7) is 2.13. The predicted molar refractivity (Wildman–Crippen MR) is 64.9 cm³/mol. The maximum Gasteiger partial charge on any atom is 0.311 e. The van der Waals surface area contributed by atoms with E-state index in [1.165, 1.54) is 6.33 Å². The van der Waals surface area contributed by atoms with Gasteiger partial charge in [-0.2, -0.15) is 0 Å². The summed E-state index contributed by atoms with van der Waals surface area (Å²) in [6, 6.07) is 5.31.